The van der Waals surface area contributed by atoms with E-state index in [1.54, 1.807) is 19.1 Å². The number of nitrogens with one attached hydrogen (secondary N) is 1. The number of aromatic nitrogens is 1. The number of anilines is 1. The van der Waals surface area contributed by atoms with Crippen LogP contribution in [-0.2, 0) is 9.84 Å². The van der Waals surface area contributed by atoms with Gasteiger partial charge in [0.05, 0.1) is 27.5 Å². The number of fused-ring (bicyclic) bond motifs is 1. The molecule has 26 heavy (non-hydrogen) atoms. The fraction of sp³-hybridized carbons (Fsp3) is 0.222. The first kappa shape index (κ1) is 18.3. The number of para-hydroxylation sites is 1. The minimum Gasteiger partial charge on any atom is -0.492 e. The summed E-state index contributed by atoms with van der Waals surface area (Å²) in [6.45, 7) is 3.95. The van der Waals surface area contributed by atoms with Crippen LogP contribution in [0, 0.1) is 0 Å². The van der Waals surface area contributed by atoms with Crippen molar-refractivity contribution in [1.82, 2.24) is 4.98 Å². The highest BCUT2D eigenvalue weighted by Crippen LogP contribution is 2.32. The van der Waals surface area contributed by atoms with Crippen LogP contribution in [0.2, 0.25) is 0 Å². The Morgan fingerprint density at radius 2 is 1.92 bits per heavy atom. The van der Waals surface area contributed by atoms with Crippen molar-refractivity contribution in [3.05, 3.63) is 48.0 Å². The van der Waals surface area contributed by atoms with Crippen molar-refractivity contribution in [2.75, 3.05) is 17.7 Å². The Labute approximate surface area is 155 Å². The van der Waals surface area contributed by atoms with Gasteiger partial charge in [-0.15, -0.1) is 0 Å². The topological polar surface area (TPSA) is 85.4 Å². The molecule has 0 aliphatic heterocycles. The number of carbonyl (C=O) groups excluding carboxylic acids is 1. The van der Waals surface area contributed by atoms with E-state index in [1.807, 2.05) is 25.1 Å². The van der Waals surface area contributed by atoms with Gasteiger partial charge in [-0.2, -0.15) is 0 Å². The molecule has 0 aliphatic rings. The Kier molecular flexibility index (Phi) is 5.24. The summed E-state index contributed by atoms with van der Waals surface area (Å²) in [5.41, 5.74) is 0.780. The molecule has 136 valence electrons. The number of amides is 1. The van der Waals surface area contributed by atoms with Gasteiger partial charge in [0.25, 0.3) is 5.91 Å². The Bertz CT molecular complexity index is 1060. The quantitative estimate of drug-likeness (QED) is 0.693. The molecule has 0 saturated heterocycles. The van der Waals surface area contributed by atoms with Gasteiger partial charge in [-0.1, -0.05) is 36.5 Å². The first-order chi connectivity index (χ1) is 12.5. The number of nitrogens with zero attached hydrogens (tertiary/aromatic N) is 1. The summed E-state index contributed by atoms with van der Waals surface area (Å²) in [5.74, 6) is 0.0706. The standard InChI is InChI=1S/C18H18N2O4S2/c1-3-24-13-9-7-10-14-16(13)19-18(25-14)20-17(21)12-8-5-6-11-15(12)26(22,23)4-2/h5-11H,3-4H2,1-2H3,(H,19,20,21). The molecule has 8 heteroatoms. The Balaban J connectivity index is 1.95. The largest absolute Gasteiger partial charge is 0.492 e. The maximum absolute atomic E-state index is 12.6. The molecule has 2 aromatic carbocycles. The predicted molar refractivity (Wildman–Crippen MR) is 103 cm³/mol. The highest BCUT2D eigenvalue weighted by molar-refractivity contribution is 7.91. The van der Waals surface area contributed by atoms with Crippen LogP contribution in [0.25, 0.3) is 10.2 Å². The van der Waals surface area contributed by atoms with Crippen molar-refractivity contribution >= 4 is 42.4 Å². The zero-order valence-electron chi connectivity index (χ0n) is 14.4. The number of ether oxygens (including phenoxy) is 1. The van der Waals surface area contributed by atoms with Crippen molar-refractivity contribution in [1.29, 1.82) is 0 Å². The number of benzene rings is 2. The Hall–Kier alpha value is -2.45. The van der Waals surface area contributed by atoms with E-state index < -0.39 is 15.7 Å². The van der Waals surface area contributed by atoms with Crippen LogP contribution >= 0.6 is 11.3 Å². The second-order valence-corrected chi connectivity index (χ2v) is 8.69. The normalized spacial score (nSPS) is 11.5. The van der Waals surface area contributed by atoms with Gasteiger partial charge in [-0.25, -0.2) is 13.4 Å². The number of carbonyl (C=O) groups is 1. The van der Waals surface area contributed by atoms with Crippen LogP contribution in [0.1, 0.15) is 24.2 Å². The van der Waals surface area contributed by atoms with Gasteiger partial charge < -0.3 is 4.74 Å². The first-order valence-electron chi connectivity index (χ1n) is 8.11. The molecule has 0 aliphatic carbocycles. The van der Waals surface area contributed by atoms with E-state index in [0.717, 1.165) is 4.70 Å². The van der Waals surface area contributed by atoms with E-state index in [1.165, 1.54) is 23.5 Å². The highest BCUT2D eigenvalue weighted by atomic mass is 32.2. The fourth-order valence-electron chi connectivity index (χ4n) is 2.49. The minimum atomic E-state index is -3.50. The number of hydrogen-bond acceptors (Lipinski definition) is 6. The molecule has 0 atom stereocenters. The molecule has 0 radical (unpaired) electrons. The van der Waals surface area contributed by atoms with E-state index in [-0.39, 0.29) is 16.2 Å². The molecule has 0 bridgehead atoms. The second-order valence-electron chi connectivity index (χ2n) is 5.41. The maximum atomic E-state index is 12.6. The summed E-state index contributed by atoms with van der Waals surface area (Å²) in [5, 5.41) is 3.09. The molecule has 0 saturated carbocycles. The Morgan fingerprint density at radius 1 is 1.15 bits per heavy atom. The smallest absolute Gasteiger partial charge is 0.258 e. The maximum Gasteiger partial charge on any atom is 0.258 e. The van der Waals surface area contributed by atoms with Crippen molar-refractivity contribution in [2.45, 2.75) is 18.7 Å². The zero-order chi connectivity index (χ0) is 18.7. The first-order valence-corrected chi connectivity index (χ1v) is 10.6. The van der Waals surface area contributed by atoms with E-state index in [4.69, 9.17) is 4.74 Å². The van der Waals surface area contributed by atoms with Gasteiger partial charge in [-0.3, -0.25) is 10.1 Å². The average molecular weight is 390 g/mol. The summed E-state index contributed by atoms with van der Waals surface area (Å²) >= 11 is 1.31. The van der Waals surface area contributed by atoms with Crippen LogP contribution in [0.3, 0.4) is 0 Å². The third-order valence-corrected chi connectivity index (χ3v) is 6.47. The van der Waals surface area contributed by atoms with Gasteiger partial charge >= 0.3 is 0 Å². The lowest BCUT2D eigenvalue weighted by molar-refractivity contribution is 0.102. The predicted octanol–water partition coefficient (Wildman–Crippen LogP) is 3.74. The van der Waals surface area contributed by atoms with Crippen LogP contribution in [0.5, 0.6) is 5.75 Å². The number of thiazole rings is 1. The number of sulfone groups is 1. The van der Waals surface area contributed by atoms with Gasteiger partial charge in [0.2, 0.25) is 0 Å². The Morgan fingerprint density at radius 3 is 2.65 bits per heavy atom. The molecule has 1 N–H and O–H groups in total. The summed E-state index contributed by atoms with van der Waals surface area (Å²) < 4.78 is 30.9. The minimum absolute atomic E-state index is 0.0242. The van der Waals surface area contributed by atoms with Gasteiger partial charge in [0.1, 0.15) is 11.3 Å². The van der Waals surface area contributed by atoms with E-state index >= 15 is 0 Å². The van der Waals surface area contributed by atoms with Crippen molar-refractivity contribution in [3.8, 4) is 5.75 Å². The third-order valence-electron chi connectivity index (χ3n) is 3.75. The van der Waals surface area contributed by atoms with E-state index in [2.05, 4.69) is 10.3 Å². The molecule has 1 aromatic heterocycles. The van der Waals surface area contributed by atoms with Crippen LogP contribution in [-0.4, -0.2) is 31.7 Å². The summed E-state index contributed by atoms with van der Waals surface area (Å²) in [7, 11) is -3.50. The lowest BCUT2D eigenvalue weighted by Gasteiger charge is -2.08. The van der Waals surface area contributed by atoms with Crippen LogP contribution in [0.4, 0.5) is 5.13 Å². The number of rotatable bonds is 6. The van der Waals surface area contributed by atoms with Gasteiger partial charge in [0, 0.05) is 0 Å². The van der Waals surface area contributed by atoms with Gasteiger partial charge in [-0.05, 0) is 31.2 Å². The lowest BCUT2D eigenvalue weighted by atomic mass is 10.2. The summed E-state index contributed by atoms with van der Waals surface area (Å²) in [6.07, 6.45) is 0. The molecule has 1 amide bonds. The lowest BCUT2D eigenvalue weighted by Crippen LogP contribution is -2.17. The number of hydrogen-bond donors (Lipinski definition) is 1. The molecule has 0 fully saturated rings. The molecular formula is C18H18N2O4S2. The van der Waals surface area contributed by atoms with Crippen molar-refractivity contribution < 1.29 is 17.9 Å². The highest BCUT2D eigenvalue weighted by Gasteiger charge is 2.21. The monoisotopic (exact) mass is 390 g/mol. The van der Waals surface area contributed by atoms with Crippen LogP contribution in [0.15, 0.2) is 47.4 Å². The molecule has 3 aromatic rings. The fourth-order valence-corrected chi connectivity index (χ4v) is 4.47. The van der Waals surface area contributed by atoms with E-state index in [9.17, 15) is 13.2 Å². The SMILES string of the molecule is CCOc1cccc2sc(NC(=O)c3ccccc3S(=O)(=O)CC)nc12. The average Bonchev–Trinajstić information content (AvgIpc) is 3.05. The zero-order valence-corrected chi connectivity index (χ0v) is 16.0. The van der Waals surface area contributed by atoms with Crippen molar-refractivity contribution in [2.24, 2.45) is 0 Å². The van der Waals surface area contributed by atoms with Crippen molar-refractivity contribution in [3.63, 3.8) is 0 Å². The molecule has 0 spiro atoms. The summed E-state index contributed by atoms with van der Waals surface area (Å²) in [4.78, 5) is 17.1. The molecule has 1 heterocycles. The second kappa shape index (κ2) is 7.43. The summed E-state index contributed by atoms with van der Waals surface area (Å²) in [6, 6.07) is 11.7. The van der Waals surface area contributed by atoms with E-state index in [0.29, 0.717) is 23.0 Å². The van der Waals surface area contributed by atoms with Gasteiger partial charge in [0.15, 0.2) is 15.0 Å². The molecule has 3 rings (SSSR count). The molecular weight excluding hydrogens is 372 g/mol. The van der Waals surface area contributed by atoms with Crippen LogP contribution < -0.4 is 10.1 Å². The molecule has 0 unspecified atom stereocenters. The molecule has 6 nitrogen and oxygen atoms in total. The third kappa shape index (κ3) is 3.56.